The van der Waals surface area contributed by atoms with E-state index in [9.17, 15) is 9.59 Å². The van der Waals surface area contributed by atoms with E-state index in [-0.39, 0.29) is 17.7 Å². The van der Waals surface area contributed by atoms with Crippen molar-refractivity contribution in [2.24, 2.45) is 17.6 Å². The van der Waals surface area contributed by atoms with Crippen LogP contribution < -0.4 is 11.1 Å². The fraction of sp³-hybridized carbons (Fsp3) is 0.846. The summed E-state index contributed by atoms with van der Waals surface area (Å²) in [6, 6.07) is -1.20. The number of methoxy groups -OCH3 is 1. The topological polar surface area (TPSA) is 81.4 Å². The Bertz CT molecular complexity index is 279. The largest absolute Gasteiger partial charge is 0.467 e. The highest BCUT2D eigenvalue weighted by atomic mass is 16.5. The lowest BCUT2D eigenvalue weighted by molar-refractivity contribution is -0.145. The lowest BCUT2D eigenvalue weighted by Gasteiger charge is -2.23. The van der Waals surface area contributed by atoms with Crippen LogP contribution in [0.15, 0.2) is 0 Å². The molecule has 0 saturated carbocycles. The first-order valence-corrected chi connectivity index (χ1v) is 6.47. The number of esters is 1. The molecule has 5 heteroatoms. The third-order valence-electron chi connectivity index (χ3n) is 3.07. The third-order valence-corrected chi connectivity index (χ3v) is 3.07. The zero-order valence-electron chi connectivity index (χ0n) is 12.0. The zero-order valence-corrected chi connectivity index (χ0v) is 12.0. The van der Waals surface area contributed by atoms with Crippen molar-refractivity contribution in [3.8, 4) is 0 Å². The van der Waals surface area contributed by atoms with Crippen LogP contribution in [0.2, 0.25) is 0 Å². The molecule has 0 aliphatic carbocycles. The first-order chi connectivity index (χ1) is 8.33. The first kappa shape index (κ1) is 16.9. The van der Waals surface area contributed by atoms with Gasteiger partial charge in [-0.15, -0.1) is 0 Å². The van der Waals surface area contributed by atoms with Gasteiger partial charge in [0.25, 0.3) is 0 Å². The van der Waals surface area contributed by atoms with Gasteiger partial charge in [0.15, 0.2) is 0 Å². The van der Waals surface area contributed by atoms with Crippen LogP contribution in [0.1, 0.15) is 40.5 Å². The number of amides is 1. The quantitative estimate of drug-likeness (QED) is 0.669. The van der Waals surface area contributed by atoms with E-state index in [4.69, 9.17) is 5.73 Å². The van der Waals surface area contributed by atoms with Crippen molar-refractivity contribution < 1.29 is 14.3 Å². The minimum absolute atomic E-state index is 0.0855. The Balaban J connectivity index is 4.57. The average molecular weight is 258 g/mol. The maximum Gasteiger partial charge on any atom is 0.328 e. The molecule has 3 N–H and O–H groups in total. The fourth-order valence-corrected chi connectivity index (χ4v) is 1.61. The van der Waals surface area contributed by atoms with Crippen LogP contribution in [0.4, 0.5) is 0 Å². The van der Waals surface area contributed by atoms with Crippen LogP contribution in [0, 0.1) is 11.8 Å². The van der Waals surface area contributed by atoms with E-state index >= 15 is 0 Å². The van der Waals surface area contributed by atoms with Crippen LogP contribution in [-0.2, 0) is 14.3 Å². The van der Waals surface area contributed by atoms with E-state index in [1.54, 1.807) is 0 Å². The van der Waals surface area contributed by atoms with E-state index in [0.29, 0.717) is 6.42 Å². The predicted octanol–water partition coefficient (Wildman–Crippen LogP) is 1.06. The van der Waals surface area contributed by atoms with Crippen molar-refractivity contribution in [3.05, 3.63) is 0 Å². The number of nitrogens with one attached hydrogen (secondary N) is 1. The molecule has 0 aromatic carbocycles. The van der Waals surface area contributed by atoms with Gasteiger partial charge in [-0.2, -0.15) is 0 Å². The summed E-state index contributed by atoms with van der Waals surface area (Å²) >= 11 is 0. The first-order valence-electron chi connectivity index (χ1n) is 6.47. The SMILES string of the molecule is CC[C@H](C)[C@H](N)C(=O)NC(CC(C)C)C(=O)OC. The van der Waals surface area contributed by atoms with E-state index in [2.05, 4.69) is 10.1 Å². The van der Waals surface area contributed by atoms with Crippen LogP contribution in [0.5, 0.6) is 0 Å². The van der Waals surface area contributed by atoms with Gasteiger partial charge < -0.3 is 15.8 Å². The number of rotatable bonds is 7. The van der Waals surface area contributed by atoms with Gasteiger partial charge in [0.2, 0.25) is 5.91 Å². The smallest absolute Gasteiger partial charge is 0.328 e. The molecule has 0 fully saturated rings. The standard InChI is InChI=1S/C13H26N2O3/c1-6-9(4)11(14)12(16)15-10(7-8(2)3)13(17)18-5/h8-11H,6-7,14H2,1-5H3,(H,15,16)/t9-,10?,11-/m0/s1. The predicted molar refractivity (Wildman–Crippen MR) is 70.8 cm³/mol. The van der Waals surface area contributed by atoms with Crippen molar-refractivity contribution in [3.63, 3.8) is 0 Å². The molecule has 0 spiro atoms. The number of carbonyl (C=O) groups excluding carboxylic acids is 2. The molecule has 1 unspecified atom stereocenters. The van der Waals surface area contributed by atoms with Gasteiger partial charge >= 0.3 is 5.97 Å². The summed E-state index contributed by atoms with van der Waals surface area (Å²) in [5, 5.41) is 2.68. The summed E-state index contributed by atoms with van der Waals surface area (Å²) < 4.78 is 4.69. The summed E-state index contributed by atoms with van der Waals surface area (Å²) in [5.74, 6) is -0.342. The molecule has 0 aromatic heterocycles. The average Bonchev–Trinajstić information content (AvgIpc) is 2.34. The number of nitrogens with two attached hydrogens (primary N) is 1. The van der Waals surface area contributed by atoms with Crippen LogP contribution in [0.25, 0.3) is 0 Å². The number of hydrogen-bond acceptors (Lipinski definition) is 4. The Hall–Kier alpha value is -1.10. The highest BCUT2D eigenvalue weighted by Gasteiger charge is 2.26. The number of hydrogen-bond donors (Lipinski definition) is 2. The van der Waals surface area contributed by atoms with Crippen molar-refractivity contribution >= 4 is 11.9 Å². The Kier molecular flexibility index (Phi) is 7.59. The zero-order chi connectivity index (χ0) is 14.3. The monoisotopic (exact) mass is 258 g/mol. The van der Waals surface area contributed by atoms with E-state index < -0.39 is 18.1 Å². The third kappa shape index (κ3) is 5.49. The summed E-state index contributed by atoms with van der Waals surface area (Å²) in [6.45, 7) is 7.86. The molecule has 0 radical (unpaired) electrons. The van der Waals surface area contributed by atoms with Gasteiger partial charge in [0.05, 0.1) is 13.2 Å². The van der Waals surface area contributed by atoms with Gasteiger partial charge in [-0.05, 0) is 18.3 Å². The van der Waals surface area contributed by atoms with Gasteiger partial charge in [-0.1, -0.05) is 34.1 Å². The van der Waals surface area contributed by atoms with E-state index in [1.807, 2.05) is 27.7 Å². The maximum atomic E-state index is 11.9. The molecular formula is C13H26N2O3. The van der Waals surface area contributed by atoms with Crippen LogP contribution in [0.3, 0.4) is 0 Å². The highest BCUT2D eigenvalue weighted by molar-refractivity contribution is 5.87. The van der Waals surface area contributed by atoms with Gasteiger partial charge in [-0.3, -0.25) is 4.79 Å². The van der Waals surface area contributed by atoms with Crippen molar-refractivity contribution in [1.82, 2.24) is 5.32 Å². The molecule has 0 aromatic rings. The summed E-state index contributed by atoms with van der Waals surface area (Å²) in [4.78, 5) is 23.5. The van der Waals surface area contributed by atoms with E-state index in [1.165, 1.54) is 7.11 Å². The second kappa shape index (κ2) is 8.08. The van der Waals surface area contributed by atoms with Crippen molar-refractivity contribution in [2.45, 2.75) is 52.6 Å². The van der Waals surface area contributed by atoms with Gasteiger partial charge in [0, 0.05) is 0 Å². The molecule has 0 rings (SSSR count). The number of carbonyl (C=O) groups is 2. The molecule has 0 saturated heterocycles. The van der Waals surface area contributed by atoms with Crippen molar-refractivity contribution in [1.29, 1.82) is 0 Å². The van der Waals surface area contributed by atoms with Crippen LogP contribution in [-0.4, -0.2) is 31.1 Å². The molecule has 0 bridgehead atoms. The molecule has 18 heavy (non-hydrogen) atoms. The molecule has 1 amide bonds. The molecule has 0 heterocycles. The van der Waals surface area contributed by atoms with Crippen LogP contribution >= 0.6 is 0 Å². The van der Waals surface area contributed by atoms with Gasteiger partial charge in [-0.25, -0.2) is 4.79 Å². The summed E-state index contributed by atoms with van der Waals surface area (Å²) in [7, 11) is 1.32. The second-order valence-electron chi connectivity index (χ2n) is 5.13. The normalized spacial score (nSPS) is 15.9. The minimum atomic E-state index is -0.613. The summed E-state index contributed by atoms with van der Waals surface area (Å²) in [6.07, 6.45) is 1.37. The molecular weight excluding hydrogens is 232 g/mol. The van der Waals surface area contributed by atoms with Gasteiger partial charge in [0.1, 0.15) is 6.04 Å². The molecule has 5 nitrogen and oxygen atoms in total. The fourth-order valence-electron chi connectivity index (χ4n) is 1.61. The lowest BCUT2D eigenvalue weighted by atomic mass is 9.98. The maximum absolute atomic E-state index is 11.9. The lowest BCUT2D eigenvalue weighted by Crippen LogP contribution is -2.51. The Morgan fingerprint density at radius 2 is 1.83 bits per heavy atom. The second-order valence-corrected chi connectivity index (χ2v) is 5.13. The molecule has 0 aliphatic rings. The number of ether oxygens (including phenoxy) is 1. The van der Waals surface area contributed by atoms with E-state index in [0.717, 1.165) is 6.42 Å². The molecule has 106 valence electrons. The summed E-state index contributed by atoms with van der Waals surface area (Å²) in [5.41, 5.74) is 5.83. The molecule has 3 atom stereocenters. The Morgan fingerprint density at radius 1 is 1.28 bits per heavy atom. The Morgan fingerprint density at radius 3 is 2.22 bits per heavy atom. The Labute approximate surface area is 109 Å². The highest BCUT2D eigenvalue weighted by Crippen LogP contribution is 2.09. The molecule has 0 aliphatic heterocycles. The van der Waals surface area contributed by atoms with Crippen molar-refractivity contribution in [2.75, 3.05) is 7.11 Å². The minimum Gasteiger partial charge on any atom is -0.467 e.